The highest BCUT2D eigenvalue weighted by molar-refractivity contribution is 5.75. The molecule has 3 N–H and O–H groups in total. The Morgan fingerprint density at radius 2 is 1.52 bits per heavy atom. The quantitative estimate of drug-likeness (QED) is 0.552. The summed E-state index contributed by atoms with van der Waals surface area (Å²) < 4.78 is 0. The predicted molar refractivity (Wildman–Crippen MR) is 123 cm³/mol. The van der Waals surface area contributed by atoms with Crippen LogP contribution in [0, 0.1) is 11.8 Å². The zero-order valence-electron chi connectivity index (χ0n) is 18.5. The highest BCUT2D eigenvalue weighted by Crippen LogP contribution is 2.36. The van der Waals surface area contributed by atoms with Crippen molar-refractivity contribution >= 4 is 12.3 Å². The first-order valence-electron chi connectivity index (χ1n) is 11.3. The van der Waals surface area contributed by atoms with Gasteiger partial charge in [-0.3, -0.25) is 0 Å². The molecule has 5 heteroatoms. The molecule has 1 aliphatic rings. The Labute approximate surface area is 185 Å². The lowest BCUT2D eigenvalue weighted by Crippen LogP contribution is -2.57. The molecule has 3 rings (SSSR count). The minimum absolute atomic E-state index is 0.0144. The Balaban J connectivity index is 1.79. The fourth-order valence-corrected chi connectivity index (χ4v) is 4.71. The summed E-state index contributed by atoms with van der Waals surface area (Å²) in [4.78, 5) is 23.7. The number of rotatable bonds is 8. The number of benzene rings is 2. The van der Waals surface area contributed by atoms with Crippen molar-refractivity contribution in [3.63, 3.8) is 0 Å². The third-order valence-electron chi connectivity index (χ3n) is 6.44. The summed E-state index contributed by atoms with van der Waals surface area (Å²) in [6.45, 7) is 4.01. The molecule has 5 nitrogen and oxygen atoms in total. The van der Waals surface area contributed by atoms with Gasteiger partial charge in [-0.2, -0.15) is 0 Å². The van der Waals surface area contributed by atoms with Crippen LogP contribution in [0.25, 0.3) is 0 Å². The van der Waals surface area contributed by atoms with Crippen molar-refractivity contribution in [2.45, 2.75) is 63.6 Å². The summed E-state index contributed by atoms with van der Waals surface area (Å²) in [5.41, 5.74) is 0.125. The Kier molecular flexibility index (Phi) is 7.85. The van der Waals surface area contributed by atoms with Crippen molar-refractivity contribution in [1.29, 1.82) is 0 Å². The van der Waals surface area contributed by atoms with Crippen molar-refractivity contribution in [1.82, 2.24) is 10.6 Å². The topological polar surface area (TPSA) is 78.4 Å². The van der Waals surface area contributed by atoms with Crippen molar-refractivity contribution < 1.29 is 14.7 Å². The number of carbonyl (C=O) groups excluding carboxylic acids is 2. The van der Waals surface area contributed by atoms with Crippen LogP contribution in [-0.2, 0) is 10.4 Å². The third kappa shape index (κ3) is 5.53. The van der Waals surface area contributed by atoms with Gasteiger partial charge in [-0.1, -0.05) is 74.5 Å². The lowest BCUT2D eigenvalue weighted by molar-refractivity contribution is -0.108. The molecular weight excluding hydrogens is 388 g/mol. The summed E-state index contributed by atoms with van der Waals surface area (Å²) in [6, 6.07) is 18.3. The fraction of sp³-hybridized carbons (Fsp3) is 0.462. The van der Waals surface area contributed by atoms with Crippen molar-refractivity contribution in [2.24, 2.45) is 11.8 Å². The number of amides is 2. The molecule has 0 aliphatic heterocycles. The van der Waals surface area contributed by atoms with Crippen LogP contribution in [0.15, 0.2) is 60.7 Å². The van der Waals surface area contributed by atoms with E-state index >= 15 is 0 Å². The fourth-order valence-electron chi connectivity index (χ4n) is 4.71. The predicted octanol–water partition coefficient (Wildman–Crippen LogP) is 4.39. The van der Waals surface area contributed by atoms with Crippen LogP contribution in [-0.4, -0.2) is 29.5 Å². The maximum atomic E-state index is 13.0. The first-order valence-corrected chi connectivity index (χ1v) is 11.3. The first kappa shape index (κ1) is 23.0. The highest BCUT2D eigenvalue weighted by Gasteiger charge is 2.43. The minimum Gasteiger partial charge on any atom is -0.378 e. The second-order valence-corrected chi connectivity index (χ2v) is 8.96. The number of urea groups is 1. The Hall–Kier alpha value is -2.66. The second-order valence-electron chi connectivity index (χ2n) is 8.96. The normalized spacial score (nSPS) is 20.1. The van der Waals surface area contributed by atoms with Crippen LogP contribution >= 0.6 is 0 Å². The van der Waals surface area contributed by atoms with E-state index in [0.717, 1.165) is 43.1 Å². The van der Waals surface area contributed by atoms with E-state index in [-0.39, 0.29) is 18.0 Å². The smallest absolute Gasteiger partial charge is 0.315 e. The molecule has 0 saturated heterocycles. The monoisotopic (exact) mass is 422 g/mol. The van der Waals surface area contributed by atoms with Crippen molar-refractivity contribution in [2.75, 3.05) is 0 Å². The van der Waals surface area contributed by atoms with Crippen LogP contribution in [0.5, 0.6) is 0 Å². The zero-order valence-corrected chi connectivity index (χ0v) is 18.5. The summed E-state index contributed by atoms with van der Waals surface area (Å²) >= 11 is 0. The van der Waals surface area contributed by atoms with Gasteiger partial charge < -0.3 is 20.5 Å². The molecule has 1 atom stereocenters. The minimum atomic E-state index is -1.37. The summed E-state index contributed by atoms with van der Waals surface area (Å²) in [5, 5.41) is 18.2. The highest BCUT2D eigenvalue weighted by atomic mass is 16.3. The molecule has 2 aromatic carbocycles. The molecule has 1 aliphatic carbocycles. The molecule has 0 radical (unpaired) electrons. The second kappa shape index (κ2) is 10.6. The van der Waals surface area contributed by atoms with E-state index in [0.29, 0.717) is 12.3 Å². The number of aldehydes is 1. The molecule has 1 fully saturated rings. The van der Waals surface area contributed by atoms with Gasteiger partial charge in [0.05, 0.1) is 6.04 Å². The maximum Gasteiger partial charge on any atom is 0.315 e. The lowest BCUT2D eigenvalue weighted by Gasteiger charge is -2.40. The van der Waals surface area contributed by atoms with Gasteiger partial charge in [0.15, 0.2) is 0 Å². The molecule has 166 valence electrons. The SMILES string of the molecule is CC(C)[C@@H](NC(=O)NC1CCC(CC=O)CC1)C(O)(c1ccccc1)c1ccccc1. The average Bonchev–Trinajstić information content (AvgIpc) is 2.79. The van der Waals surface area contributed by atoms with E-state index in [9.17, 15) is 14.7 Å². The van der Waals surface area contributed by atoms with E-state index in [1.165, 1.54) is 0 Å². The van der Waals surface area contributed by atoms with E-state index in [1.807, 2.05) is 74.5 Å². The summed E-state index contributed by atoms with van der Waals surface area (Å²) in [7, 11) is 0. The van der Waals surface area contributed by atoms with E-state index in [2.05, 4.69) is 10.6 Å². The molecule has 2 amide bonds. The van der Waals surface area contributed by atoms with Gasteiger partial charge in [-0.25, -0.2) is 4.79 Å². The number of aliphatic hydroxyl groups is 1. The Bertz CT molecular complexity index is 791. The average molecular weight is 423 g/mol. The maximum absolute atomic E-state index is 13.0. The van der Waals surface area contributed by atoms with Gasteiger partial charge in [-0.15, -0.1) is 0 Å². The molecule has 31 heavy (non-hydrogen) atoms. The molecule has 0 aromatic heterocycles. The lowest BCUT2D eigenvalue weighted by atomic mass is 9.76. The van der Waals surface area contributed by atoms with Crippen LogP contribution < -0.4 is 10.6 Å². The standard InChI is InChI=1S/C26H34N2O3/c1-19(2)24(28-25(30)27-23-15-13-20(14-16-23)17-18-29)26(31,21-9-5-3-6-10-21)22-11-7-4-8-12-22/h3-12,18-20,23-24,31H,13-17H2,1-2H3,(H2,27,28,30)/t20?,23?,24-/m1/s1. The van der Waals surface area contributed by atoms with Crippen molar-refractivity contribution in [3.05, 3.63) is 71.8 Å². The first-order chi connectivity index (χ1) is 14.9. The van der Waals surface area contributed by atoms with Gasteiger partial charge in [0, 0.05) is 12.5 Å². The summed E-state index contributed by atoms with van der Waals surface area (Å²) in [5.74, 6) is 0.419. The number of carbonyl (C=O) groups is 2. The van der Waals surface area contributed by atoms with Crippen LogP contribution in [0.2, 0.25) is 0 Å². The molecule has 1 saturated carbocycles. The molecule has 0 bridgehead atoms. The molecular formula is C26H34N2O3. The van der Waals surface area contributed by atoms with Crippen LogP contribution in [0.3, 0.4) is 0 Å². The van der Waals surface area contributed by atoms with Gasteiger partial charge in [0.25, 0.3) is 0 Å². The van der Waals surface area contributed by atoms with Gasteiger partial charge in [0.2, 0.25) is 0 Å². The Morgan fingerprint density at radius 3 is 1.97 bits per heavy atom. The number of hydrogen-bond donors (Lipinski definition) is 3. The zero-order chi connectivity index (χ0) is 22.3. The Morgan fingerprint density at radius 1 is 1.00 bits per heavy atom. The van der Waals surface area contributed by atoms with Gasteiger partial charge in [0.1, 0.15) is 11.9 Å². The van der Waals surface area contributed by atoms with Crippen molar-refractivity contribution in [3.8, 4) is 0 Å². The summed E-state index contributed by atoms with van der Waals surface area (Å²) in [6.07, 6.45) is 5.26. The molecule has 2 aromatic rings. The van der Waals surface area contributed by atoms with Gasteiger partial charge >= 0.3 is 6.03 Å². The molecule has 0 unspecified atom stereocenters. The third-order valence-corrected chi connectivity index (χ3v) is 6.44. The van der Waals surface area contributed by atoms with E-state index in [1.54, 1.807) is 0 Å². The van der Waals surface area contributed by atoms with Crippen LogP contribution in [0.1, 0.15) is 57.1 Å². The number of nitrogens with one attached hydrogen (secondary N) is 2. The van der Waals surface area contributed by atoms with E-state index in [4.69, 9.17) is 0 Å². The van der Waals surface area contributed by atoms with Gasteiger partial charge in [-0.05, 0) is 48.6 Å². The molecule has 0 heterocycles. The molecule has 0 spiro atoms. The number of hydrogen-bond acceptors (Lipinski definition) is 3. The van der Waals surface area contributed by atoms with E-state index < -0.39 is 11.6 Å². The van der Waals surface area contributed by atoms with Crippen LogP contribution in [0.4, 0.5) is 4.79 Å². The largest absolute Gasteiger partial charge is 0.378 e.